The summed E-state index contributed by atoms with van der Waals surface area (Å²) in [6.07, 6.45) is 2.04. The van der Waals surface area contributed by atoms with Crippen molar-refractivity contribution in [2.75, 3.05) is 19.8 Å². The van der Waals surface area contributed by atoms with Crippen LogP contribution in [0.4, 0.5) is 0 Å². The molecule has 1 aliphatic rings. The van der Waals surface area contributed by atoms with E-state index in [9.17, 15) is 0 Å². The molecule has 2 N–H and O–H groups in total. The van der Waals surface area contributed by atoms with E-state index in [1.165, 1.54) is 5.69 Å². The molecule has 2 aromatic rings. The molecule has 3 nitrogen and oxygen atoms in total. The number of nitrogens with two attached hydrogens (primary N) is 1. The molecule has 2 aromatic heterocycles. The molecule has 1 fully saturated rings. The van der Waals surface area contributed by atoms with Gasteiger partial charge in [-0.2, -0.15) is 0 Å². The first kappa shape index (κ1) is 11.1. The van der Waals surface area contributed by atoms with Gasteiger partial charge in [0.2, 0.25) is 0 Å². The standard InChI is InChI=1S/C13H15ClN2O/c1-9-11(14)10-4-2-3-5-16(10)12(9)13(6-15)7-17-8-13/h2-5H,6-8,15H2,1H3. The van der Waals surface area contributed by atoms with Crippen molar-refractivity contribution in [3.05, 3.63) is 40.7 Å². The summed E-state index contributed by atoms with van der Waals surface area (Å²) in [5, 5.41) is 0.820. The fraction of sp³-hybridized carbons (Fsp3) is 0.385. The number of pyridine rings is 1. The molecule has 1 saturated heterocycles. The molecule has 1 aliphatic heterocycles. The average Bonchev–Trinajstić information content (AvgIpc) is 2.55. The van der Waals surface area contributed by atoms with Gasteiger partial charge in [0.1, 0.15) is 0 Å². The second-order valence-corrected chi connectivity index (χ2v) is 5.10. The fourth-order valence-electron chi connectivity index (χ4n) is 2.65. The SMILES string of the molecule is Cc1c(Cl)c2ccccn2c1C1(CN)COC1. The number of halogens is 1. The van der Waals surface area contributed by atoms with Crippen molar-refractivity contribution in [2.24, 2.45) is 5.73 Å². The van der Waals surface area contributed by atoms with Crippen LogP contribution in [0.5, 0.6) is 0 Å². The van der Waals surface area contributed by atoms with Gasteiger partial charge in [-0.25, -0.2) is 0 Å². The highest BCUT2D eigenvalue weighted by Crippen LogP contribution is 2.39. The van der Waals surface area contributed by atoms with Crippen molar-refractivity contribution in [1.29, 1.82) is 0 Å². The Kier molecular flexibility index (Phi) is 2.43. The van der Waals surface area contributed by atoms with Crippen LogP contribution in [-0.4, -0.2) is 24.2 Å². The lowest BCUT2D eigenvalue weighted by Crippen LogP contribution is -2.53. The minimum absolute atomic E-state index is 0.0680. The van der Waals surface area contributed by atoms with E-state index in [4.69, 9.17) is 22.1 Å². The quantitative estimate of drug-likeness (QED) is 0.887. The molecule has 0 bridgehead atoms. The highest BCUT2D eigenvalue weighted by molar-refractivity contribution is 6.35. The van der Waals surface area contributed by atoms with E-state index in [1.54, 1.807) is 0 Å². The Morgan fingerprint density at radius 1 is 1.47 bits per heavy atom. The van der Waals surface area contributed by atoms with Crippen LogP contribution in [0.3, 0.4) is 0 Å². The third-order valence-corrected chi connectivity index (χ3v) is 4.14. The maximum Gasteiger partial charge on any atom is 0.0701 e. The Bertz CT molecular complexity index is 567. The van der Waals surface area contributed by atoms with Gasteiger partial charge in [-0.1, -0.05) is 17.7 Å². The van der Waals surface area contributed by atoms with Gasteiger partial charge in [-0.15, -0.1) is 0 Å². The molecule has 0 amide bonds. The summed E-state index contributed by atoms with van der Waals surface area (Å²) in [5.41, 5.74) is 9.23. The predicted molar refractivity (Wildman–Crippen MR) is 68.7 cm³/mol. The van der Waals surface area contributed by atoms with Gasteiger partial charge in [0.25, 0.3) is 0 Å². The molecule has 0 spiro atoms. The lowest BCUT2D eigenvalue weighted by Gasteiger charge is -2.41. The Morgan fingerprint density at radius 2 is 2.24 bits per heavy atom. The summed E-state index contributed by atoms with van der Waals surface area (Å²) in [5.74, 6) is 0. The van der Waals surface area contributed by atoms with Crippen molar-refractivity contribution in [1.82, 2.24) is 4.40 Å². The van der Waals surface area contributed by atoms with Crippen molar-refractivity contribution in [3.63, 3.8) is 0 Å². The Hall–Kier alpha value is -1.03. The molecule has 4 heteroatoms. The maximum atomic E-state index is 6.39. The van der Waals surface area contributed by atoms with E-state index in [0.717, 1.165) is 16.1 Å². The van der Waals surface area contributed by atoms with Gasteiger partial charge >= 0.3 is 0 Å². The van der Waals surface area contributed by atoms with Crippen LogP contribution in [0.25, 0.3) is 5.52 Å². The largest absolute Gasteiger partial charge is 0.379 e. The summed E-state index contributed by atoms with van der Waals surface area (Å²) >= 11 is 6.39. The Balaban J connectivity index is 2.32. The lowest BCUT2D eigenvalue weighted by molar-refractivity contribution is -0.0577. The normalized spacial score (nSPS) is 18.3. The molecular weight excluding hydrogens is 236 g/mol. The van der Waals surface area contributed by atoms with E-state index < -0.39 is 0 Å². The smallest absolute Gasteiger partial charge is 0.0701 e. The van der Waals surface area contributed by atoms with Crippen LogP contribution in [-0.2, 0) is 10.2 Å². The predicted octanol–water partition coefficient (Wildman–Crippen LogP) is 2.13. The van der Waals surface area contributed by atoms with Crippen molar-refractivity contribution in [3.8, 4) is 0 Å². The second-order valence-electron chi connectivity index (χ2n) is 4.72. The van der Waals surface area contributed by atoms with Gasteiger partial charge in [0.05, 0.1) is 29.2 Å². The Labute approximate surface area is 105 Å². The molecule has 0 radical (unpaired) electrons. The molecule has 90 valence electrons. The van der Waals surface area contributed by atoms with Crippen LogP contribution in [0.15, 0.2) is 24.4 Å². The van der Waals surface area contributed by atoms with Gasteiger partial charge in [0, 0.05) is 18.4 Å². The number of hydrogen-bond donors (Lipinski definition) is 1. The fourth-order valence-corrected chi connectivity index (χ4v) is 2.89. The molecule has 17 heavy (non-hydrogen) atoms. The number of fused-ring (bicyclic) bond motifs is 1. The molecule has 0 aromatic carbocycles. The first-order valence-corrected chi connectivity index (χ1v) is 6.11. The molecule has 0 aliphatic carbocycles. The third-order valence-electron chi connectivity index (χ3n) is 3.66. The average molecular weight is 251 g/mol. The maximum absolute atomic E-state index is 6.39. The summed E-state index contributed by atoms with van der Waals surface area (Å²) in [4.78, 5) is 0. The van der Waals surface area contributed by atoms with E-state index in [2.05, 4.69) is 11.3 Å². The van der Waals surface area contributed by atoms with E-state index in [1.807, 2.05) is 24.4 Å². The summed E-state index contributed by atoms with van der Waals surface area (Å²) < 4.78 is 7.51. The van der Waals surface area contributed by atoms with Gasteiger partial charge in [-0.3, -0.25) is 0 Å². The number of rotatable bonds is 2. The van der Waals surface area contributed by atoms with Crippen LogP contribution in [0.1, 0.15) is 11.3 Å². The molecule has 0 saturated carbocycles. The molecular formula is C13H15ClN2O. The second kappa shape index (κ2) is 3.73. The van der Waals surface area contributed by atoms with Crippen LogP contribution in [0.2, 0.25) is 5.02 Å². The molecule has 0 atom stereocenters. The zero-order valence-corrected chi connectivity index (χ0v) is 10.5. The highest BCUT2D eigenvalue weighted by atomic mass is 35.5. The lowest BCUT2D eigenvalue weighted by atomic mass is 9.81. The first-order chi connectivity index (χ1) is 8.19. The Morgan fingerprint density at radius 3 is 2.82 bits per heavy atom. The summed E-state index contributed by atoms with van der Waals surface area (Å²) in [7, 11) is 0. The topological polar surface area (TPSA) is 39.7 Å². The minimum atomic E-state index is -0.0680. The van der Waals surface area contributed by atoms with Crippen LogP contribution < -0.4 is 5.73 Å². The summed E-state index contributed by atoms with van der Waals surface area (Å²) in [6, 6.07) is 6.04. The number of nitrogens with zero attached hydrogens (tertiary/aromatic N) is 1. The van der Waals surface area contributed by atoms with Crippen molar-refractivity contribution >= 4 is 17.1 Å². The van der Waals surface area contributed by atoms with Gasteiger partial charge in [0.15, 0.2) is 0 Å². The highest BCUT2D eigenvalue weighted by Gasteiger charge is 2.43. The van der Waals surface area contributed by atoms with Crippen LogP contribution >= 0.6 is 11.6 Å². The van der Waals surface area contributed by atoms with E-state index >= 15 is 0 Å². The number of hydrogen-bond acceptors (Lipinski definition) is 2. The number of aromatic nitrogens is 1. The monoisotopic (exact) mass is 250 g/mol. The number of ether oxygens (including phenoxy) is 1. The van der Waals surface area contributed by atoms with Gasteiger partial charge < -0.3 is 14.9 Å². The summed E-state index contributed by atoms with van der Waals surface area (Å²) in [6.45, 7) is 4.01. The third kappa shape index (κ3) is 1.36. The van der Waals surface area contributed by atoms with Crippen molar-refractivity contribution in [2.45, 2.75) is 12.3 Å². The van der Waals surface area contributed by atoms with E-state index in [-0.39, 0.29) is 5.41 Å². The first-order valence-electron chi connectivity index (χ1n) is 5.73. The van der Waals surface area contributed by atoms with E-state index in [0.29, 0.717) is 19.8 Å². The van der Waals surface area contributed by atoms with Crippen LogP contribution in [0, 0.1) is 6.92 Å². The minimum Gasteiger partial charge on any atom is -0.379 e. The molecule has 3 rings (SSSR count). The zero-order valence-electron chi connectivity index (χ0n) is 9.74. The zero-order chi connectivity index (χ0) is 12.0. The van der Waals surface area contributed by atoms with Gasteiger partial charge in [-0.05, 0) is 24.6 Å². The molecule has 3 heterocycles. The molecule has 0 unspecified atom stereocenters. The van der Waals surface area contributed by atoms with Crippen molar-refractivity contribution < 1.29 is 4.74 Å².